The van der Waals surface area contributed by atoms with Gasteiger partial charge >= 0.3 is 0 Å². The largest absolute Gasteiger partial charge is 0.379 e. The standard InChI is InChI=1S/C20H30N6O.HI/c1-20(2,26-9-11-27-12-10-26)15-24-19(21-3)23-14-18-22-13-17(25-18)16-7-5-4-6-8-16;/h4-8,13H,9-12,14-15H2,1-3H3,(H,22,25)(H2,21,23,24);1H. The van der Waals surface area contributed by atoms with Gasteiger partial charge in [-0.25, -0.2) is 4.98 Å². The average Bonchev–Trinajstić information content (AvgIpc) is 3.18. The van der Waals surface area contributed by atoms with Gasteiger partial charge in [-0.15, -0.1) is 24.0 Å². The van der Waals surface area contributed by atoms with E-state index in [1.165, 1.54) is 0 Å². The number of rotatable bonds is 6. The summed E-state index contributed by atoms with van der Waals surface area (Å²) < 4.78 is 5.45. The summed E-state index contributed by atoms with van der Waals surface area (Å²) >= 11 is 0. The Morgan fingerprint density at radius 2 is 1.93 bits per heavy atom. The molecule has 2 aromatic rings. The summed E-state index contributed by atoms with van der Waals surface area (Å²) in [5.41, 5.74) is 2.18. The van der Waals surface area contributed by atoms with E-state index in [0.717, 1.165) is 55.9 Å². The molecule has 0 aliphatic carbocycles. The fourth-order valence-electron chi connectivity index (χ4n) is 3.19. The molecule has 1 aliphatic heterocycles. The van der Waals surface area contributed by atoms with E-state index >= 15 is 0 Å². The highest BCUT2D eigenvalue weighted by Crippen LogP contribution is 2.16. The van der Waals surface area contributed by atoms with Crippen LogP contribution in [-0.2, 0) is 11.3 Å². The van der Waals surface area contributed by atoms with Crippen LogP contribution in [0.2, 0.25) is 0 Å². The Bertz CT molecular complexity index is 740. The monoisotopic (exact) mass is 498 g/mol. The third-order valence-electron chi connectivity index (χ3n) is 4.92. The maximum atomic E-state index is 5.45. The molecule has 0 unspecified atom stereocenters. The van der Waals surface area contributed by atoms with Gasteiger partial charge in [0.25, 0.3) is 0 Å². The highest BCUT2D eigenvalue weighted by atomic mass is 127. The van der Waals surface area contributed by atoms with Crippen molar-refractivity contribution in [3.63, 3.8) is 0 Å². The number of benzene rings is 1. The summed E-state index contributed by atoms with van der Waals surface area (Å²) in [4.78, 5) is 14.6. The first kappa shape index (κ1) is 22.6. The van der Waals surface area contributed by atoms with Crippen LogP contribution in [0.1, 0.15) is 19.7 Å². The van der Waals surface area contributed by atoms with Crippen molar-refractivity contribution >= 4 is 29.9 Å². The highest BCUT2D eigenvalue weighted by molar-refractivity contribution is 14.0. The molecule has 0 amide bonds. The van der Waals surface area contributed by atoms with Crippen molar-refractivity contribution in [1.82, 2.24) is 25.5 Å². The number of H-pyrrole nitrogens is 1. The van der Waals surface area contributed by atoms with Crippen LogP contribution in [0.4, 0.5) is 0 Å². The molecule has 0 radical (unpaired) electrons. The van der Waals surface area contributed by atoms with Gasteiger partial charge in [0.1, 0.15) is 5.82 Å². The zero-order chi connectivity index (χ0) is 19.1. The van der Waals surface area contributed by atoms with Crippen LogP contribution < -0.4 is 10.6 Å². The first-order valence-corrected chi connectivity index (χ1v) is 9.45. The number of hydrogen-bond donors (Lipinski definition) is 3. The van der Waals surface area contributed by atoms with Gasteiger partial charge in [0.05, 0.1) is 31.6 Å². The molecular weight excluding hydrogens is 467 g/mol. The Kier molecular flexibility index (Phi) is 8.71. The summed E-state index contributed by atoms with van der Waals surface area (Å²) in [6, 6.07) is 10.2. The maximum absolute atomic E-state index is 5.45. The zero-order valence-corrected chi connectivity index (χ0v) is 19.2. The first-order valence-electron chi connectivity index (χ1n) is 9.45. The number of ether oxygens (including phenoxy) is 1. The van der Waals surface area contributed by atoms with Crippen molar-refractivity contribution in [2.24, 2.45) is 4.99 Å². The fraction of sp³-hybridized carbons (Fsp3) is 0.500. The Morgan fingerprint density at radius 3 is 2.61 bits per heavy atom. The Balaban J connectivity index is 0.00000280. The second-order valence-electron chi connectivity index (χ2n) is 7.30. The van der Waals surface area contributed by atoms with Crippen LogP contribution in [0.3, 0.4) is 0 Å². The third-order valence-corrected chi connectivity index (χ3v) is 4.92. The summed E-state index contributed by atoms with van der Waals surface area (Å²) in [6.45, 7) is 9.43. The molecule has 154 valence electrons. The Morgan fingerprint density at radius 1 is 1.21 bits per heavy atom. The van der Waals surface area contributed by atoms with E-state index < -0.39 is 0 Å². The van der Waals surface area contributed by atoms with Gasteiger partial charge in [-0.2, -0.15) is 0 Å². The molecule has 2 heterocycles. The van der Waals surface area contributed by atoms with E-state index in [4.69, 9.17) is 4.74 Å². The van der Waals surface area contributed by atoms with E-state index in [1.807, 2.05) is 24.4 Å². The summed E-state index contributed by atoms with van der Waals surface area (Å²) in [5.74, 6) is 1.65. The minimum Gasteiger partial charge on any atom is -0.379 e. The van der Waals surface area contributed by atoms with Gasteiger partial charge in [0.2, 0.25) is 0 Å². The van der Waals surface area contributed by atoms with Crippen LogP contribution >= 0.6 is 24.0 Å². The number of aliphatic imine (C=N–C) groups is 1. The van der Waals surface area contributed by atoms with Crippen LogP contribution in [-0.4, -0.2) is 66.3 Å². The second-order valence-corrected chi connectivity index (χ2v) is 7.30. The van der Waals surface area contributed by atoms with Crippen molar-refractivity contribution in [3.8, 4) is 11.3 Å². The van der Waals surface area contributed by atoms with Gasteiger partial charge in [0.15, 0.2) is 5.96 Å². The van der Waals surface area contributed by atoms with Gasteiger partial charge in [-0.3, -0.25) is 9.89 Å². The lowest BCUT2D eigenvalue weighted by atomic mass is 10.0. The second kappa shape index (κ2) is 10.8. The minimum absolute atomic E-state index is 0. The van der Waals surface area contributed by atoms with Crippen LogP contribution in [0.15, 0.2) is 41.5 Å². The van der Waals surface area contributed by atoms with Crippen LogP contribution in [0, 0.1) is 0 Å². The van der Waals surface area contributed by atoms with E-state index in [1.54, 1.807) is 7.05 Å². The first-order chi connectivity index (χ1) is 13.1. The minimum atomic E-state index is 0. The smallest absolute Gasteiger partial charge is 0.191 e. The predicted molar refractivity (Wildman–Crippen MR) is 124 cm³/mol. The topological polar surface area (TPSA) is 77.6 Å². The molecule has 7 nitrogen and oxygen atoms in total. The van der Waals surface area contributed by atoms with Crippen molar-refractivity contribution in [2.75, 3.05) is 39.9 Å². The maximum Gasteiger partial charge on any atom is 0.191 e. The molecule has 1 saturated heterocycles. The van der Waals surface area contributed by atoms with Gasteiger partial charge in [-0.05, 0) is 19.4 Å². The molecule has 1 fully saturated rings. The van der Waals surface area contributed by atoms with Crippen molar-refractivity contribution in [1.29, 1.82) is 0 Å². The van der Waals surface area contributed by atoms with E-state index in [0.29, 0.717) is 6.54 Å². The molecule has 1 aromatic carbocycles. The number of aromatic nitrogens is 2. The fourth-order valence-corrected chi connectivity index (χ4v) is 3.19. The van der Waals surface area contributed by atoms with Crippen molar-refractivity contribution in [2.45, 2.75) is 25.9 Å². The summed E-state index contributed by atoms with van der Waals surface area (Å²) in [5, 5.41) is 6.76. The quantitative estimate of drug-likeness (QED) is 0.324. The van der Waals surface area contributed by atoms with Gasteiger partial charge < -0.3 is 20.4 Å². The molecule has 28 heavy (non-hydrogen) atoms. The Hall–Kier alpha value is -1.65. The van der Waals surface area contributed by atoms with E-state index in [9.17, 15) is 0 Å². The Labute approximate surface area is 184 Å². The zero-order valence-electron chi connectivity index (χ0n) is 16.9. The number of halogens is 1. The average molecular weight is 498 g/mol. The van der Waals surface area contributed by atoms with Crippen LogP contribution in [0.5, 0.6) is 0 Å². The number of morpholine rings is 1. The number of hydrogen-bond acceptors (Lipinski definition) is 4. The number of imidazole rings is 1. The molecule has 0 atom stereocenters. The van der Waals surface area contributed by atoms with E-state index in [-0.39, 0.29) is 29.5 Å². The van der Waals surface area contributed by atoms with Crippen molar-refractivity contribution in [3.05, 3.63) is 42.4 Å². The normalized spacial score (nSPS) is 15.8. The molecule has 3 N–H and O–H groups in total. The number of nitrogens with one attached hydrogen (secondary N) is 3. The van der Waals surface area contributed by atoms with Crippen molar-refractivity contribution < 1.29 is 4.74 Å². The lowest BCUT2D eigenvalue weighted by molar-refractivity contribution is -0.00834. The molecule has 0 bridgehead atoms. The number of aromatic amines is 1. The lowest BCUT2D eigenvalue weighted by Gasteiger charge is -2.41. The lowest BCUT2D eigenvalue weighted by Crippen LogP contribution is -2.56. The highest BCUT2D eigenvalue weighted by Gasteiger charge is 2.28. The molecule has 1 aliphatic rings. The predicted octanol–water partition coefficient (Wildman–Crippen LogP) is 2.47. The van der Waals surface area contributed by atoms with Gasteiger partial charge in [0, 0.05) is 32.2 Å². The molecule has 1 aromatic heterocycles. The summed E-state index contributed by atoms with van der Waals surface area (Å²) in [6.07, 6.45) is 1.87. The van der Waals surface area contributed by atoms with Gasteiger partial charge in [-0.1, -0.05) is 30.3 Å². The number of guanidine groups is 1. The summed E-state index contributed by atoms with van der Waals surface area (Å²) in [7, 11) is 1.79. The number of nitrogens with zero attached hydrogens (tertiary/aromatic N) is 3. The molecule has 8 heteroatoms. The van der Waals surface area contributed by atoms with E-state index in [2.05, 4.69) is 56.5 Å². The third kappa shape index (κ3) is 6.18. The molecular formula is C20H31IN6O. The molecule has 0 spiro atoms. The molecule has 0 saturated carbocycles. The SMILES string of the molecule is CN=C(NCc1ncc(-c2ccccc2)[nH]1)NCC(C)(C)N1CCOCC1.I. The van der Waals surface area contributed by atoms with Crippen LogP contribution in [0.25, 0.3) is 11.3 Å². The molecule has 3 rings (SSSR count).